The fourth-order valence-electron chi connectivity index (χ4n) is 5.03. The number of carbonyl (C=O) groups excluding carboxylic acids is 2. The van der Waals surface area contributed by atoms with Gasteiger partial charge in [-0.2, -0.15) is 0 Å². The van der Waals surface area contributed by atoms with E-state index >= 15 is 0 Å². The Balaban J connectivity index is 1.51. The molecule has 0 radical (unpaired) electrons. The van der Waals surface area contributed by atoms with Gasteiger partial charge in [0, 0.05) is 19.5 Å². The second-order valence-electron chi connectivity index (χ2n) is 8.85. The molecule has 2 amide bonds. The summed E-state index contributed by atoms with van der Waals surface area (Å²) in [6, 6.07) is 15.9. The van der Waals surface area contributed by atoms with Crippen molar-refractivity contribution in [3.63, 3.8) is 0 Å². The van der Waals surface area contributed by atoms with Gasteiger partial charge in [0.25, 0.3) is 0 Å². The van der Waals surface area contributed by atoms with Crippen LogP contribution in [-0.4, -0.2) is 64.7 Å². The van der Waals surface area contributed by atoms with Crippen molar-refractivity contribution in [1.82, 2.24) is 9.80 Å². The maximum Gasteiger partial charge on any atom is 0.410 e. The van der Waals surface area contributed by atoms with Crippen LogP contribution in [0.25, 0.3) is 0 Å². The van der Waals surface area contributed by atoms with Gasteiger partial charge in [0.1, 0.15) is 23.9 Å². The van der Waals surface area contributed by atoms with Crippen molar-refractivity contribution in [2.45, 2.75) is 50.3 Å². The van der Waals surface area contributed by atoms with Gasteiger partial charge in [-0.05, 0) is 48.9 Å². The van der Waals surface area contributed by atoms with Crippen LogP contribution in [0.2, 0.25) is 0 Å². The molecule has 2 heterocycles. The molecular formula is C26H30N2O6. The van der Waals surface area contributed by atoms with Crippen molar-refractivity contribution >= 4 is 18.0 Å². The van der Waals surface area contributed by atoms with Gasteiger partial charge in [0.05, 0.1) is 7.11 Å². The third-order valence-electron chi connectivity index (χ3n) is 6.76. The number of carbonyl (C=O) groups is 3. The standard InChI is InChI=1S/C26H30N2O6/c1-33-21-11-5-10-20(16-21)17-26(24(30)31)13-7-15-28(26)23(29)22-12-6-14-27(22)25(32)34-18-19-8-3-2-4-9-19/h2-5,8-11,16,22H,6-7,12-15,17-18H2,1H3,(H,30,31)/t22?,26-/m0/s1. The Morgan fingerprint density at radius 2 is 1.79 bits per heavy atom. The molecule has 0 aromatic heterocycles. The minimum Gasteiger partial charge on any atom is -0.497 e. The zero-order valence-electron chi connectivity index (χ0n) is 19.3. The lowest BCUT2D eigenvalue weighted by atomic mass is 9.87. The van der Waals surface area contributed by atoms with Crippen LogP contribution in [0, 0.1) is 0 Å². The zero-order valence-corrected chi connectivity index (χ0v) is 19.3. The molecule has 180 valence electrons. The number of hydrogen-bond acceptors (Lipinski definition) is 5. The van der Waals surface area contributed by atoms with Crippen LogP contribution in [0.3, 0.4) is 0 Å². The lowest BCUT2D eigenvalue weighted by Crippen LogP contribution is -2.59. The average Bonchev–Trinajstić information content (AvgIpc) is 3.51. The second-order valence-corrected chi connectivity index (χ2v) is 8.85. The number of nitrogens with zero attached hydrogens (tertiary/aromatic N) is 2. The van der Waals surface area contributed by atoms with E-state index in [1.807, 2.05) is 42.5 Å². The number of rotatable bonds is 7. The molecule has 0 saturated carbocycles. The lowest BCUT2D eigenvalue weighted by Gasteiger charge is -2.38. The predicted molar refractivity (Wildman–Crippen MR) is 124 cm³/mol. The summed E-state index contributed by atoms with van der Waals surface area (Å²) < 4.78 is 10.7. The molecule has 8 heteroatoms. The molecule has 34 heavy (non-hydrogen) atoms. The average molecular weight is 467 g/mol. The number of amides is 2. The van der Waals surface area contributed by atoms with Crippen LogP contribution >= 0.6 is 0 Å². The van der Waals surface area contributed by atoms with E-state index in [0.29, 0.717) is 44.5 Å². The number of carboxylic acid groups (broad SMARTS) is 1. The van der Waals surface area contributed by atoms with Crippen molar-refractivity contribution in [2.24, 2.45) is 0 Å². The van der Waals surface area contributed by atoms with E-state index < -0.39 is 23.6 Å². The molecule has 2 saturated heterocycles. The van der Waals surface area contributed by atoms with Crippen LogP contribution in [0.5, 0.6) is 5.75 Å². The van der Waals surface area contributed by atoms with E-state index in [0.717, 1.165) is 11.1 Å². The minimum absolute atomic E-state index is 0.121. The van der Waals surface area contributed by atoms with E-state index in [1.54, 1.807) is 19.2 Å². The topological polar surface area (TPSA) is 96.4 Å². The van der Waals surface area contributed by atoms with Gasteiger partial charge in [-0.1, -0.05) is 42.5 Å². The van der Waals surface area contributed by atoms with Gasteiger partial charge in [-0.3, -0.25) is 9.69 Å². The lowest BCUT2D eigenvalue weighted by molar-refractivity contribution is -0.158. The molecule has 0 spiro atoms. The fraction of sp³-hybridized carbons (Fsp3) is 0.423. The Bertz CT molecular complexity index is 1040. The van der Waals surface area contributed by atoms with Gasteiger partial charge < -0.3 is 19.5 Å². The highest BCUT2D eigenvalue weighted by Gasteiger charge is 2.52. The minimum atomic E-state index is -1.36. The van der Waals surface area contributed by atoms with Gasteiger partial charge in [-0.25, -0.2) is 9.59 Å². The SMILES string of the molecule is COc1cccc(C[C@]2(C(=O)O)CCCN2C(=O)C2CCCN2C(=O)OCc2ccccc2)c1. The molecule has 2 aliphatic rings. The molecule has 2 atom stereocenters. The number of aliphatic carboxylic acids is 1. The third kappa shape index (κ3) is 4.71. The van der Waals surface area contributed by atoms with Crippen molar-refractivity contribution < 1.29 is 29.0 Å². The van der Waals surface area contributed by atoms with Gasteiger partial charge in [0.2, 0.25) is 5.91 Å². The number of likely N-dealkylation sites (tertiary alicyclic amines) is 2. The molecule has 1 unspecified atom stereocenters. The Morgan fingerprint density at radius 3 is 2.53 bits per heavy atom. The Labute approximate surface area is 199 Å². The smallest absolute Gasteiger partial charge is 0.410 e. The summed E-state index contributed by atoms with van der Waals surface area (Å²) in [5.74, 6) is -0.716. The highest BCUT2D eigenvalue weighted by molar-refractivity contribution is 5.92. The summed E-state index contributed by atoms with van der Waals surface area (Å²) in [6.07, 6.45) is 1.73. The maximum atomic E-state index is 13.7. The molecule has 2 aromatic rings. The Hall–Kier alpha value is -3.55. The Kier molecular flexibility index (Phi) is 7.05. The van der Waals surface area contributed by atoms with Gasteiger partial charge >= 0.3 is 12.1 Å². The normalized spacial score (nSPS) is 22.0. The molecule has 0 bridgehead atoms. The molecule has 2 fully saturated rings. The van der Waals surface area contributed by atoms with E-state index in [4.69, 9.17) is 9.47 Å². The number of benzene rings is 2. The van der Waals surface area contributed by atoms with E-state index in [1.165, 1.54) is 9.80 Å². The summed E-state index contributed by atoms with van der Waals surface area (Å²) in [5.41, 5.74) is 0.290. The molecule has 2 aromatic carbocycles. The largest absolute Gasteiger partial charge is 0.497 e. The van der Waals surface area contributed by atoms with Crippen LogP contribution in [0.4, 0.5) is 4.79 Å². The first-order chi connectivity index (χ1) is 16.4. The monoisotopic (exact) mass is 466 g/mol. The molecule has 0 aliphatic carbocycles. The Morgan fingerprint density at radius 1 is 1.03 bits per heavy atom. The van der Waals surface area contributed by atoms with E-state index in [9.17, 15) is 19.5 Å². The van der Waals surface area contributed by atoms with Crippen molar-refractivity contribution in [3.8, 4) is 5.75 Å². The van der Waals surface area contributed by atoms with Crippen LogP contribution < -0.4 is 4.74 Å². The highest BCUT2D eigenvalue weighted by Crippen LogP contribution is 2.36. The number of carboxylic acids is 1. The van der Waals surface area contributed by atoms with E-state index in [-0.39, 0.29) is 18.9 Å². The summed E-state index contributed by atoms with van der Waals surface area (Å²) in [7, 11) is 1.56. The van der Waals surface area contributed by atoms with Crippen molar-refractivity contribution in [2.75, 3.05) is 20.2 Å². The summed E-state index contributed by atoms with van der Waals surface area (Å²) in [4.78, 5) is 41.9. The molecule has 4 rings (SSSR count). The zero-order chi connectivity index (χ0) is 24.1. The number of methoxy groups -OCH3 is 1. The number of ether oxygens (including phenoxy) is 2. The quantitative estimate of drug-likeness (QED) is 0.671. The molecular weight excluding hydrogens is 436 g/mol. The first-order valence-electron chi connectivity index (χ1n) is 11.6. The predicted octanol–water partition coefficient (Wildman–Crippen LogP) is 3.48. The van der Waals surface area contributed by atoms with Crippen molar-refractivity contribution in [3.05, 3.63) is 65.7 Å². The van der Waals surface area contributed by atoms with Gasteiger partial charge in [0.15, 0.2) is 0 Å². The highest BCUT2D eigenvalue weighted by atomic mass is 16.6. The summed E-state index contributed by atoms with van der Waals surface area (Å²) in [6.45, 7) is 0.877. The maximum absolute atomic E-state index is 13.7. The van der Waals surface area contributed by atoms with Crippen LogP contribution in [0.1, 0.15) is 36.8 Å². The number of hydrogen-bond donors (Lipinski definition) is 1. The fourth-order valence-corrected chi connectivity index (χ4v) is 5.03. The summed E-state index contributed by atoms with van der Waals surface area (Å²) >= 11 is 0. The second kappa shape index (κ2) is 10.2. The van der Waals surface area contributed by atoms with Crippen molar-refractivity contribution in [1.29, 1.82) is 0 Å². The molecule has 1 N–H and O–H groups in total. The molecule has 8 nitrogen and oxygen atoms in total. The first kappa shape index (κ1) is 23.6. The van der Waals surface area contributed by atoms with Gasteiger partial charge in [-0.15, -0.1) is 0 Å². The van der Waals surface area contributed by atoms with Crippen LogP contribution in [0.15, 0.2) is 54.6 Å². The first-order valence-corrected chi connectivity index (χ1v) is 11.6. The third-order valence-corrected chi connectivity index (χ3v) is 6.76. The summed E-state index contributed by atoms with van der Waals surface area (Å²) in [5, 5.41) is 10.3. The van der Waals surface area contributed by atoms with Crippen LogP contribution in [-0.2, 0) is 27.4 Å². The van der Waals surface area contributed by atoms with E-state index in [2.05, 4.69) is 0 Å². The molecule has 2 aliphatic heterocycles.